The molecule has 0 aliphatic carbocycles. The minimum absolute atomic E-state index is 0.119. The van der Waals surface area contributed by atoms with Crippen molar-refractivity contribution >= 4 is 17.8 Å². The van der Waals surface area contributed by atoms with Gasteiger partial charge < -0.3 is 14.8 Å². The molecule has 0 radical (unpaired) electrons. The Hall–Kier alpha value is -4.01. The average Bonchev–Trinajstić information content (AvgIpc) is 3.40. The number of Topliss-reactive ketones (excluding diaryl/α,β-unsaturated/α-hetero) is 1. The molecule has 0 saturated carbocycles. The first-order valence-corrected chi connectivity index (χ1v) is 13.9. The molecule has 3 atom stereocenters. The molecule has 3 aromatic rings. The molecular formula is C31H40N4O5. The predicted octanol–water partition coefficient (Wildman–Crippen LogP) is 6.07. The number of amides is 2. The van der Waals surface area contributed by atoms with Gasteiger partial charge in [-0.15, -0.1) is 10.2 Å². The topological polar surface area (TPSA) is 126 Å². The smallest absolute Gasteiger partial charge is 0.408 e. The van der Waals surface area contributed by atoms with Crippen molar-refractivity contribution in [3.8, 4) is 11.5 Å². The van der Waals surface area contributed by atoms with Crippen LogP contribution in [0, 0.1) is 5.41 Å². The van der Waals surface area contributed by atoms with Gasteiger partial charge in [0, 0.05) is 18.0 Å². The minimum Gasteiger partial charge on any atom is -0.465 e. The number of benzene rings is 2. The highest BCUT2D eigenvalue weighted by atomic mass is 16.4. The van der Waals surface area contributed by atoms with Crippen LogP contribution >= 0.6 is 0 Å². The summed E-state index contributed by atoms with van der Waals surface area (Å²) < 4.78 is 5.89. The predicted molar refractivity (Wildman–Crippen MR) is 152 cm³/mol. The molecule has 2 N–H and O–H groups in total. The molecule has 214 valence electrons. The van der Waals surface area contributed by atoms with Gasteiger partial charge in [0.05, 0.1) is 6.04 Å². The Balaban J connectivity index is 1.94. The van der Waals surface area contributed by atoms with E-state index in [4.69, 9.17) is 4.42 Å². The van der Waals surface area contributed by atoms with E-state index in [1.807, 2.05) is 88.4 Å². The number of nitrogens with one attached hydrogen (secondary N) is 1. The van der Waals surface area contributed by atoms with E-state index in [0.29, 0.717) is 25.2 Å². The summed E-state index contributed by atoms with van der Waals surface area (Å²) in [5.74, 6) is -0.984. The third kappa shape index (κ3) is 7.55. The maximum absolute atomic E-state index is 13.9. The van der Waals surface area contributed by atoms with E-state index in [1.165, 1.54) is 0 Å². The zero-order valence-corrected chi connectivity index (χ0v) is 24.0. The van der Waals surface area contributed by atoms with Crippen molar-refractivity contribution < 1.29 is 23.9 Å². The second-order valence-electron chi connectivity index (χ2n) is 10.8. The van der Waals surface area contributed by atoms with Gasteiger partial charge in [0.1, 0.15) is 6.04 Å². The standard InChI is InChI=1S/C31H40N4O5/c1-6-14-24(20-25-33-34-29(40-25)23-17-12-9-13-18-23)35(30(38)39)27(31(4,5)19-7-2)26(36)28(37)32-21(3)22-15-10-8-11-16-22/h8-13,15-18,21,24,27H,6-7,14,19-20H2,1-5H3,(H,32,37)(H,38,39)/t21-,24-,27-/m1/s1. The zero-order chi connectivity index (χ0) is 29.3. The van der Waals surface area contributed by atoms with Crippen LogP contribution in [-0.2, 0) is 16.0 Å². The maximum Gasteiger partial charge on any atom is 0.408 e. The molecular weight excluding hydrogens is 508 g/mol. The summed E-state index contributed by atoms with van der Waals surface area (Å²) in [4.78, 5) is 41.2. The first-order chi connectivity index (χ1) is 19.1. The summed E-state index contributed by atoms with van der Waals surface area (Å²) in [5.41, 5.74) is 0.787. The van der Waals surface area contributed by atoms with Gasteiger partial charge in [0.25, 0.3) is 5.91 Å². The molecule has 0 unspecified atom stereocenters. The Morgan fingerprint density at radius 2 is 1.60 bits per heavy atom. The van der Waals surface area contributed by atoms with Crippen molar-refractivity contribution in [1.29, 1.82) is 0 Å². The van der Waals surface area contributed by atoms with Crippen LogP contribution in [0.1, 0.15) is 77.8 Å². The minimum atomic E-state index is -1.27. The van der Waals surface area contributed by atoms with Crippen LogP contribution in [0.4, 0.5) is 4.79 Å². The lowest BCUT2D eigenvalue weighted by molar-refractivity contribution is -0.144. The fraction of sp³-hybridized carbons (Fsp3) is 0.452. The number of hydrogen-bond donors (Lipinski definition) is 2. The molecule has 2 aromatic carbocycles. The fourth-order valence-electron chi connectivity index (χ4n) is 5.24. The van der Waals surface area contributed by atoms with E-state index in [9.17, 15) is 19.5 Å². The lowest BCUT2D eigenvalue weighted by atomic mass is 9.76. The van der Waals surface area contributed by atoms with Gasteiger partial charge in [-0.25, -0.2) is 4.79 Å². The number of nitrogens with zero attached hydrogens (tertiary/aromatic N) is 3. The summed E-state index contributed by atoms with van der Waals surface area (Å²) in [5, 5.41) is 21.6. The summed E-state index contributed by atoms with van der Waals surface area (Å²) in [6.45, 7) is 9.39. The first kappa shape index (κ1) is 30.5. The Labute approximate surface area is 236 Å². The third-order valence-electron chi connectivity index (χ3n) is 7.17. The monoisotopic (exact) mass is 548 g/mol. The highest BCUT2D eigenvalue weighted by molar-refractivity contribution is 6.38. The van der Waals surface area contributed by atoms with Crippen LogP contribution in [0.25, 0.3) is 11.5 Å². The molecule has 40 heavy (non-hydrogen) atoms. The molecule has 0 saturated heterocycles. The van der Waals surface area contributed by atoms with Crippen LogP contribution in [0.15, 0.2) is 65.1 Å². The number of aromatic nitrogens is 2. The van der Waals surface area contributed by atoms with Crippen molar-refractivity contribution in [1.82, 2.24) is 20.4 Å². The molecule has 1 aromatic heterocycles. The second kappa shape index (κ2) is 13.9. The molecule has 9 nitrogen and oxygen atoms in total. The first-order valence-electron chi connectivity index (χ1n) is 13.9. The van der Waals surface area contributed by atoms with E-state index in [-0.39, 0.29) is 12.3 Å². The zero-order valence-electron chi connectivity index (χ0n) is 24.0. The number of ketones is 1. The normalized spacial score (nSPS) is 13.7. The fourth-order valence-corrected chi connectivity index (χ4v) is 5.24. The van der Waals surface area contributed by atoms with Crippen LogP contribution in [0.5, 0.6) is 0 Å². The van der Waals surface area contributed by atoms with Crippen LogP contribution in [0.3, 0.4) is 0 Å². The quantitative estimate of drug-likeness (QED) is 0.234. The molecule has 3 rings (SSSR count). The van der Waals surface area contributed by atoms with Crippen LogP contribution in [0.2, 0.25) is 0 Å². The van der Waals surface area contributed by atoms with Crippen molar-refractivity contribution in [2.24, 2.45) is 5.41 Å². The van der Waals surface area contributed by atoms with Crippen molar-refractivity contribution in [3.05, 3.63) is 72.1 Å². The van der Waals surface area contributed by atoms with Gasteiger partial charge in [0.15, 0.2) is 0 Å². The molecule has 1 heterocycles. The Morgan fingerprint density at radius 1 is 0.975 bits per heavy atom. The van der Waals surface area contributed by atoms with Gasteiger partial charge in [-0.3, -0.25) is 14.5 Å². The summed E-state index contributed by atoms with van der Waals surface area (Å²) in [6.07, 6.45) is 1.21. The van der Waals surface area contributed by atoms with Crippen molar-refractivity contribution in [3.63, 3.8) is 0 Å². The number of rotatable bonds is 14. The number of hydrogen-bond acceptors (Lipinski definition) is 6. The maximum atomic E-state index is 13.9. The summed E-state index contributed by atoms with van der Waals surface area (Å²) in [6, 6.07) is 16.3. The molecule has 0 fully saturated rings. The Kier molecular flexibility index (Phi) is 10.6. The Bertz CT molecular complexity index is 1260. The van der Waals surface area contributed by atoms with E-state index >= 15 is 0 Å². The van der Waals surface area contributed by atoms with E-state index in [2.05, 4.69) is 15.5 Å². The Morgan fingerprint density at radius 3 is 2.17 bits per heavy atom. The summed E-state index contributed by atoms with van der Waals surface area (Å²) >= 11 is 0. The molecule has 0 aliphatic heterocycles. The van der Waals surface area contributed by atoms with E-state index < -0.39 is 41.3 Å². The van der Waals surface area contributed by atoms with E-state index in [1.54, 1.807) is 6.92 Å². The van der Waals surface area contributed by atoms with Gasteiger partial charge in [-0.2, -0.15) is 0 Å². The number of carbonyl (C=O) groups is 3. The number of carbonyl (C=O) groups excluding carboxylic acids is 2. The van der Waals surface area contributed by atoms with Gasteiger partial charge >= 0.3 is 6.09 Å². The molecule has 9 heteroatoms. The lowest BCUT2D eigenvalue weighted by Crippen LogP contribution is -2.60. The highest BCUT2D eigenvalue weighted by Crippen LogP contribution is 2.34. The van der Waals surface area contributed by atoms with Crippen molar-refractivity contribution in [2.45, 2.75) is 84.8 Å². The van der Waals surface area contributed by atoms with Gasteiger partial charge in [-0.05, 0) is 42.9 Å². The SMILES string of the molecule is CCC[C@H](Cc1nnc(-c2ccccc2)o1)N(C(=O)O)[C@H](C(=O)C(=O)N[C@H](C)c1ccccc1)C(C)(C)CCC. The third-order valence-corrected chi connectivity index (χ3v) is 7.17. The average molecular weight is 549 g/mol. The van der Waals surface area contributed by atoms with Crippen molar-refractivity contribution in [2.75, 3.05) is 0 Å². The second-order valence-corrected chi connectivity index (χ2v) is 10.8. The van der Waals surface area contributed by atoms with Crippen LogP contribution in [-0.4, -0.2) is 50.1 Å². The van der Waals surface area contributed by atoms with Gasteiger partial charge in [-0.1, -0.05) is 89.1 Å². The number of carboxylic acid groups (broad SMARTS) is 1. The largest absolute Gasteiger partial charge is 0.465 e. The lowest BCUT2D eigenvalue weighted by Gasteiger charge is -2.43. The van der Waals surface area contributed by atoms with Gasteiger partial charge in [0.2, 0.25) is 17.6 Å². The molecule has 2 amide bonds. The van der Waals surface area contributed by atoms with E-state index in [0.717, 1.165) is 22.4 Å². The molecule has 0 bridgehead atoms. The molecule has 0 spiro atoms. The molecule has 0 aliphatic rings. The summed E-state index contributed by atoms with van der Waals surface area (Å²) in [7, 11) is 0. The van der Waals surface area contributed by atoms with Crippen LogP contribution < -0.4 is 5.32 Å². The highest BCUT2D eigenvalue weighted by Gasteiger charge is 2.46.